The van der Waals surface area contributed by atoms with Crippen LogP contribution in [0.3, 0.4) is 0 Å². The number of halogens is 3. The van der Waals surface area contributed by atoms with Crippen molar-refractivity contribution < 1.29 is 13.5 Å². The summed E-state index contributed by atoms with van der Waals surface area (Å²) in [7, 11) is 11.9. The molecule has 0 unspecified atom stereocenters. The van der Waals surface area contributed by atoms with Crippen LogP contribution in [0.4, 0.5) is 17.1 Å². The first kappa shape index (κ1) is 32.6. The van der Waals surface area contributed by atoms with Gasteiger partial charge in [-0.15, -0.1) is 0 Å². The van der Waals surface area contributed by atoms with Crippen molar-refractivity contribution in [2.24, 2.45) is 0 Å². The Hall–Kier alpha value is -2.36. The molecule has 4 aromatic rings. The Morgan fingerprint density at radius 1 is 0.738 bits per heavy atom. The molecule has 42 heavy (non-hydrogen) atoms. The zero-order valence-electron chi connectivity index (χ0n) is 25.1. The molecule has 1 aliphatic rings. The summed E-state index contributed by atoms with van der Waals surface area (Å²) in [6, 6.07) is 24.9. The van der Waals surface area contributed by atoms with Crippen LogP contribution in [0.1, 0.15) is 44.5 Å². The summed E-state index contributed by atoms with van der Waals surface area (Å²) in [5.74, 6) is 0. The molecule has 0 radical (unpaired) electrons. The van der Waals surface area contributed by atoms with E-state index in [2.05, 4.69) is 93.7 Å². The maximum absolute atomic E-state index is 5.94. The van der Waals surface area contributed by atoms with Gasteiger partial charge in [-0.25, -0.2) is 0 Å². The van der Waals surface area contributed by atoms with Crippen LogP contribution in [0.25, 0.3) is 0 Å². The third kappa shape index (κ3) is 8.60. The first-order valence-electron chi connectivity index (χ1n) is 14.0. The van der Waals surface area contributed by atoms with Gasteiger partial charge in [0.15, 0.2) is 0 Å². The van der Waals surface area contributed by atoms with E-state index in [-0.39, 0.29) is 0 Å². The molecule has 0 aromatic heterocycles. The van der Waals surface area contributed by atoms with Gasteiger partial charge >= 0.3 is 131 Å². The molecule has 1 N–H and O–H groups in total. The Balaban J connectivity index is 0.000000197. The first-order chi connectivity index (χ1) is 20.0. The molecule has 1 saturated heterocycles. The van der Waals surface area contributed by atoms with Crippen LogP contribution in [0, 0.1) is 48.2 Å². The van der Waals surface area contributed by atoms with Crippen molar-refractivity contribution in [1.29, 1.82) is 0 Å². The fourth-order valence-corrected chi connectivity index (χ4v) is 7.74. The molecule has 0 aliphatic carbocycles. The Morgan fingerprint density at radius 3 is 1.69 bits per heavy atom. The van der Waals surface area contributed by atoms with Crippen molar-refractivity contribution in [3.63, 3.8) is 0 Å². The topological polar surface area (TPSA) is 18.5 Å². The van der Waals surface area contributed by atoms with Crippen LogP contribution in [0.15, 0.2) is 72.8 Å². The Morgan fingerprint density at radius 2 is 1.21 bits per heavy atom. The second-order valence-corrected chi connectivity index (χ2v) is 17.0. The number of rotatable bonds is 6. The Labute approximate surface area is 269 Å². The number of hydrogen-bond acceptors (Lipinski definition) is 3. The molecule has 0 saturated carbocycles. The molecule has 5 rings (SSSR count). The zero-order chi connectivity index (χ0) is 30.4. The summed E-state index contributed by atoms with van der Waals surface area (Å²) in [5, 5.41) is 4.09. The van der Waals surface area contributed by atoms with Gasteiger partial charge in [0.1, 0.15) is 0 Å². The molecular weight excluding hydrogens is 670 g/mol. The molecule has 0 spiro atoms. The molecule has 0 bridgehead atoms. The van der Waals surface area contributed by atoms with E-state index in [1.54, 1.807) is 0 Å². The summed E-state index contributed by atoms with van der Waals surface area (Å²) in [6.07, 6.45) is 0. The van der Waals surface area contributed by atoms with Crippen LogP contribution in [0.2, 0.25) is 5.02 Å². The minimum absolute atomic E-state index is 0.726. The van der Waals surface area contributed by atoms with Gasteiger partial charge in [-0.1, -0.05) is 35.4 Å². The summed E-state index contributed by atoms with van der Waals surface area (Å²) in [5.41, 5.74) is 14.2. The number of benzene rings is 4. The number of aryl methyl sites for hydroxylation is 6. The van der Waals surface area contributed by atoms with Gasteiger partial charge in [-0.3, -0.25) is 0 Å². The van der Waals surface area contributed by atoms with Gasteiger partial charge in [-0.2, -0.15) is 6.67 Å². The van der Waals surface area contributed by atoms with Crippen molar-refractivity contribution in [2.75, 3.05) is 28.2 Å². The normalized spacial score (nSPS) is 13.0. The molecule has 1 aliphatic heterocycles. The molecule has 0 atom stereocenters. The van der Waals surface area contributed by atoms with E-state index in [1.165, 1.54) is 50.3 Å². The predicted molar refractivity (Wildman–Crippen MR) is 182 cm³/mol. The Bertz CT molecular complexity index is 1450. The summed E-state index contributed by atoms with van der Waals surface area (Å²) in [6.45, 7) is 18.3. The standard InChI is InChI=1S/C21H27N2.C14H12ClN.2ClH.Ru/c1-14-9-16(3)20(17(4)10-14)22-7-8-23(13-22)21-18(5)11-15(2)12-19(21)6;1-11-4-2-3-5-12(11)10-16-14-8-6-13(15)7-9-14;;;/h9-13H,7-8H2,1-6H3;1-9,16H,10H2;2*1H;/q-1;;;;+2/p-2. The number of anilines is 3. The number of hydrogen-bond donors (Lipinski definition) is 1. The van der Waals surface area contributed by atoms with Crippen molar-refractivity contribution in [1.82, 2.24) is 0 Å². The fourth-order valence-electron chi connectivity index (χ4n) is 5.73. The molecule has 0 amide bonds. The van der Waals surface area contributed by atoms with E-state index in [1.807, 2.05) is 47.1 Å². The van der Waals surface area contributed by atoms with Gasteiger partial charge in [0, 0.05) is 24.5 Å². The second-order valence-electron chi connectivity index (χ2n) is 10.9. The molecular formula is C35H39Cl3N3Ru-. The van der Waals surface area contributed by atoms with E-state index >= 15 is 0 Å². The molecule has 1 fully saturated rings. The molecule has 7 heteroatoms. The van der Waals surface area contributed by atoms with Gasteiger partial charge in [0.2, 0.25) is 0 Å². The third-order valence-electron chi connectivity index (χ3n) is 7.28. The first-order valence-corrected chi connectivity index (χ1v) is 19.8. The van der Waals surface area contributed by atoms with Crippen LogP contribution in [0.5, 0.6) is 0 Å². The van der Waals surface area contributed by atoms with Crippen LogP contribution in [-0.2, 0) is 20.1 Å². The van der Waals surface area contributed by atoms with Gasteiger partial charge < -0.3 is 9.80 Å². The van der Waals surface area contributed by atoms with E-state index < -0.39 is 13.5 Å². The second kappa shape index (κ2) is 14.9. The summed E-state index contributed by atoms with van der Waals surface area (Å²) < 4.78 is 1.96. The van der Waals surface area contributed by atoms with E-state index in [0.29, 0.717) is 0 Å². The van der Waals surface area contributed by atoms with E-state index in [9.17, 15) is 0 Å². The minimum atomic E-state index is -1.80. The van der Waals surface area contributed by atoms with Crippen molar-refractivity contribution in [3.05, 3.63) is 129 Å². The monoisotopic (exact) mass is 708 g/mol. The average molecular weight is 709 g/mol. The molecule has 4 aromatic carbocycles. The quantitative estimate of drug-likeness (QED) is 0.159. The van der Waals surface area contributed by atoms with E-state index in [4.69, 9.17) is 31.0 Å². The van der Waals surface area contributed by atoms with Crippen molar-refractivity contribution in [2.45, 2.75) is 48.1 Å². The number of nitrogens with one attached hydrogen (secondary N) is 1. The molecule has 3 nitrogen and oxygen atoms in total. The predicted octanol–water partition coefficient (Wildman–Crippen LogP) is 10.0. The SMILES string of the molecule is Cc1cc(C)c(N2[CH-]N(c3c(C)cc(C)cc3C)CC2)c(C)c1.Clc1ccc(NCc2ccccc2[CH]=[Ru]([Cl])[Cl])cc1. The van der Waals surface area contributed by atoms with Crippen molar-refractivity contribution >= 4 is 52.7 Å². The van der Waals surface area contributed by atoms with Crippen LogP contribution in [-0.4, -0.2) is 17.7 Å². The van der Waals surface area contributed by atoms with Gasteiger partial charge in [0.05, 0.1) is 0 Å². The fraction of sp³-hybridized carbons (Fsp3) is 0.257. The summed E-state index contributed by atoms with van der Waals surface area (Å²) >= 11 is 4.06. The third-order valence-corrected chi connectivity index (χ3v) is 9.36. The zero-order valence-corrected chi connectivity index (χ0v) is 29.1. The van der Waals surface area contributed by atoms with Crippen molar-refractivity contribution in [3.8, 4) is 0 Å². The van der Waals surface area contributed by atoms with E-state index in [0.717, 1.165) is 35.9 Å². The maximum atomic E-state index is 5.94. The van der Waals surface area contributed by atoms with Crippen LogP contribution < -0.4 is 15.1 Å². The Kier molecular flexibility index (Phi) is 11.5. The summed E-state index contributed by atoms with van der Waals surface area (Å²) in [4.78, 5) is 4.81. The van der Waals surface area contributed by atoms with Gasteiger partial charge in [0.25, 0.3) is 0 Å². The molecule has 224 valence electrons. The average Bonchev–Trinajstić information content (AvgIpc) is 3.37. The van der Waals surface area contributed by atoms with Crippen LogP contribution >= 0.6 is 31.0 Å². The van der Waals surface area contributed by atoms with Gasteiger partial charge in [-0.05, 0) is 63.8 Å². The molecule has 1 heterocycles. The number of nitrogens with zero attached hydrogens (tertiary/aromatic N) is 2.